The molecule has 0 saturated carbocycles. The smallest absolute Gasteiger partial charge is 0.289 e. The summed E-state index contributed by atoms with van der Waals surface area (Å²) in [6.45, 7) is 11.3. The number of aryl methyl sites for hydroxylation is 3. The van der Waals surface area contributed by atoms with E-state index in [1.165, 1.54) is 0 Å². The van der Waals surface area contributed by atoms with Gasteiger partial charge in [-0.2, -0.15) is 5.26 Å². The number of carbonyl (C=O) groups excluding carboxylic acids is 1. The molecule has 0 aliphatic rings. The number of rotatable bonds is 6. The molecule has 4 nitrogen and oxygen atoms in total. The first-order valence-electron chi connectivity index (χ1n) is 8.52. The molecule has 0 radical (unpaired) electrons. The number of nitriles is 1. The summed E-state index contributed by atoms with van der Waals surface area (Å²) in [6.07, 6.45) is 1.25. The Kier molecular flexibility index (Phi) is 5.66. The van der Waals surface area contributed by atoms with Crippen LogP contribution in [0.4, 0.5) is 0 Å². The molecule has 24 heavy (non-hydrogen) atoms. The second-order valence-electron chi connectivity index (χ2n) is 6.84. The molecule has 0 atom stereocenters. The first-order valence-corrected chi connectivity index (χ1v) is 8.52. The van der Waals surface area contributed by atoms with Gasteiger partial charge in [0.05, 0.1) is 12.5 Å². The van der Waals surface area contributed by atoms with Crippen LogP contribution in [0.25, 0.3) is 11.0 Å². The fraction of sp³-hybridized carbons (Fsp3) is 0.500. The first-order chi connectivity index (χ1) is 11.4. The zero-order chi connectivity index (χ0) is 17.9. The topological polar surface area (TPSA) is 57.2 Å². The molecule has 4 heteroatoms. The fourth-order valence-electron chi connectivity index (χ4n) is 2.94. The summed E-state index contributed by atoms with van der Waals surface area (Å²) in [5, 5.41) is 9.91. The van der Waals surface area contributed by atoms with Gasteiger partial charge in [-0.15, -0.1) is 0 Å². The Morgan fingerprint density at radius 2 is 1.88 bits per heavy atom. The van der Waals surface area contributed by atoms with Crippen LogP contribution in [0.1, 0.15) is 53.9 Å². The van der Waals surface area contributed by atoms with Crippen LogP contribution >= 0.6 is 0 Å². The molecule has 0 unspecified atom stereocenters. The zero-order valence-electron chi connectivity index (χ0n) is 15.3. The van der Waals surface area contributed by atoms with E-state index in [0.717, 1.165) is 34.1 Å². The molecule has 1 aromatic heterocycles. The third kappa shape index (κ3) is 3.62. The number of nitrogens with zero attached hydrogens (tertiary/aromatic N) is 2. The molecule has 0 aliphatic carbocycles. The molecule has 0 bridgehead atoms. The number of hydrogen-bond acceptors (Lipinski definition) is 3. The van der Waals surface area contributed by atoms with E-state index in [-0.39, 0.29) is 5.91 Å². The summed E-state index contributed by atoms with van der Waals surface area (Å²) in [7, 11) is 0. The highest BCUT2D eigenvalue weighted by atomic mass is 16.3. The average Bonchev–Trinajstić information content (AvgIpc) is 2.89. The lowest BCUT2D eigenvalue weighted by molar-refractivity contribution is 0.0721. The molecule has 2 aromatic rings. The van der Waals surface area contributed by atoms with Gasteiger partial charge < -0.3 is 9.32 Å². The minimum Gasteiger partial charge on any atom is -0.450 e. The summed E-state index contributed by atoms with van der Waals surface area (Å²) in [5.41, 5.74) is 3.83. The van der Waals surface area contributed by atoms with Gasteiger partial charge in [-0.1, -0.05) is 26.0 Å². The van der Waals surface area contributed by atoms with Crippen LogP contribution in [0, 0.1) is 38.0 Å². The van der Waals surface area contributed by atoms with Gasteiger partial charge >= 0.3 is 0 Å². The average molecular weight is 326 g/mol. The molecule has 0 N–H and O–H groups in total. The van der Waals surface area contributed by atoms with Gasteiger partial charge in [0.15, 0.2) is 5.76 Å². The molecular formula is C20H26N2O2. The van der Waals surface area contributed by atoms with Gasteiger partial charge in [0, 0.05) is 24.0 Å². The quantitative estimate of drug-likeness (QED) is 0.769. The molecule has 2 rings (SSSR count). The van der Waals surface area contributed by atoms with E-state index in [9.17, 15) is 4.79 Å². The minimum absolute atomic E-state index is 0.113. The van der Waals surface area contributed by atoms with Crippen molar-refractivity contribution >= 4 is 16.9 Å². The van der Waals surface area contributed by atoms with Crippen LogP contribution in [-0.2, 0) is 0 Å². The summed E-state index contributed by atoms with van der Waals surface area (Å²) in [6, 6.07) is 6.20. The molecule has 0 saturated heterocycles. The van der Waals surface area contributed by atoms with Crippen LogP contribution in [0.3, 0.4) is 0 Å². The van der Waals surface area contributed by atoms with Crippen molar-refractivity contribution in [2.75, 3.05) is 13.1 Å². The van der Waals surface area contributed by atoms with Gasteiger partial charge in [-0.3, -0.25) is 4.79 Å². The lowest BCUT2D eigenvalue weighted by Crippen LogP contribution is -2.33. The normalized spacial score (nSPS) is 11.0. The predicted molar refractivity (Wildman–Crippen MR) is 96.0 cm³/mol. The van der Waals surface area contributed by atoms with Crippen molar-refractivity contribution in [3.05, 3.63) is 34.6 Å². The van der Waals surface area contributed by atoms with Gasteiger partial charge in [0.25, 0.3) is 5.91 Å². The maximum Gasteiger partial charge on any atom is 0.289 e. The van der Waals surface area contributed by atoms with E-state index >= 15 is 0 Å². The Morgan fingerprint density at radius 3 is 2.46 bits per heavy atom. The monoisotopic (exact) mass is 326 g/mol. The number of carbonyl (C=O) groups is 1. The zero-order valence-corrected chi connectivity index (χ0v) is 15.3. The van der Waals surface area contributed by atoms with Crippen molar-refractivity contribution in [3.8, 4) is 6.07 Å². The fourth-order valence-corrected chi connectivity index (χ4v) is 2.94. The first kappa shape index (κ1) is 18.1. The number of hydrogen-bond donors (Lipinski definition) is 0. The summed E-state index contributed by atoms with van der Waals surface area (Å²) in [4.78, 5) is 14.7. The van der Waals surface area contributed by atoms with Gasteiger partial charge in [-0.05, 0) is 44.2 Å². The minimum atomic E-state index is -0.113. The number of furan rings is 1. The lowest BCUT2D eigenvalue weighted by atomic mass is 10.0. The Morgan fingerprint density at radius 1 is 1.21 bits per heavy atom. The lowest BCUT2D eigenvalue weighted by Gasteiger charge is -2.21. The molecule has 128 valence electrons. The standard InChI is InChI=1S/C20H26N2O2/c1-13(2)9-12-22(11-6-10-21)20(23)19-16(5)17-14(3)7-8-15(4)18(17)24-19/h7-8,13H,6,9,11-12H2,1-5H3. The number of amides is 1. The van der Waals surface area contributed by atoms with Crippen LogP contribution in [0.2, 0.25) is 0 Å². The third-order valence-electron chi connectivity index (χ3n) is 4.43. The van der Waals surface area contributed by atoms with Crippen LogP contribution < -0.4 is 0 Å². The van der Waals surface area contributed by atoms with Crippen LogP contribution in [0.5, 0.6) is 0 Å². The van der Waals surface area contributed by atoms with Crippen LogP contribution in [-0.4, -0.2) is 23.9 Å². The number of benzene rings is 1. The SMILES string of the molecule is Cc1ccc(C)c2c(C)c(C(=O)N(CCC#N)CCC(C)C)oc12. The molecule has 0 aliphatic heterocycles. The van der Waals surface area contributed by atoms with Crippen molar-refractivity contribution in [1.82, 2.24) is 4.90 Å². The molecular weight excluding hydrogens is 300 g/mol. The van der Waals surface area contributed by atoms with E-state index in [0.29, 0.717) is 31.2 Å². The van der Waals surface area contributed by atoms with Gasteiger partial charge in [-0.25, -0.2) is 0 Å². The van der Waals surface area contributed by atoms with Crippen molar-refractivity contribution in [3.63, 3.8) is 0 Å². The maximum absolute atomic E-state index is 13.0. The Labute approximate surface area is 144 Å². The van der Waals surface area contributed by atoms with E-state index < -0.39 is 0 Å². The third-order valence-corrected chi connectivity index (χ3v) is 4.43. The van der Waals surface area contributed by atoms with Crippen molar-refractivity contribution in [1.29, 1.82) is 5.26 Å². The highest BCUT2D eigenvalue weighted by Gasteiger charge is 2.24. The highest BCUT2D eigenvalue weighted by molar-refractivity contribution is 6.00. The van der Waals surface area contributed by atoms with Crippen LogP contribution in [0.15, 0.2) is 16.5 Å². The van der Waals surface area contributed by atoms with Crippen molar-refractivity contribution in [2.24, 2.45) is 5.92 Å². The van der Waals surface area contributed by atoms with Crippen molar-refractivity contribution < 1.29 is 9.21 Å². The Bertz CT molecular complexity index is 781. The van der Waals surface area contributed by atoms with Crippen molar-refractivity contribution in [2.45, 2.75) is 47.5 Å². The largest absolute Gasteiger partial charge is 0.450 e. The number of fused-ring (bicyclic) bond motifs is 1. The van der Waals surface area contributed by atoms with E-state index in [2.05, 4.69) is 26.0 Å². The second-order valence-corrected chi connectivity index (χ2v) is 6.84. The van der Waals surface area contributed by atoms with E-state index in [4.69, 9.17) is 9.68 Å². The maximum atomic E-state index is 13.0. The summed E-state index contributed by atoms with van der Waals surface area (Å²) < 4.78 is 5.97. The van der Waals surface area contributed by atoms with E-state index in [1.807, 2.05) is 26.8 Å². The highest BCUT2D eigenvalue weighted by Crippen LogP contribution is 2.31. The predicted octanol–water partition coefficient (Wildman–Crippen LogP) is 4.76. The summed E-state index contributed by atoms with van der Waals surface area (Å²) >= 11 is 0. The second kappa shape index (κ2) is 7.53. The molecule has 1 amide bonds. The molecule has 0 spiro atoms. The Hall–Kier alpha value is -2.28. The Balaban J connectivity index is 2.40. The van der Waals surface area contributed by atoms with Gasteiger partial charge in [0.1, 0.15) is 5.58 Å². The molecule has 1 aromatic carbocycles. The molecule has 0 fully saturated rings. The van der Waals surface area contributed by atoms with E-state index in [1.54, 1.807) is 4.90 Å². The summed E-state index contributed by atoms with van der Waals surface area (Å²) in [5.74, 6) is 0.797. The molecule has 1 heterocycles. The van der Waals surface area contributed by atoms with Gasteiger partial charge in [0.2, 0.25) is 0 Å².